The van der Waals surface area contributed by atoms with Gasteiger partial charge in [0.05, 0.1) is 4.90 Å². The van der Waals surface area contributed by atoms with Crippen LogP contribution in [0.2, 0.25) is 0 Å². The fourth-order valence-corrected chi connectivity index (χ4v) is 4.58. The standard InChI is InChI=1S/C17H20N2O2S/c20-22(21,17-8-2-1-3-9-17)19-11-5-7-16(14-19)12-15-6-4-10-18-13-15/h1-4,6,8-10,13,16H,5,7,11-12,14H2/t16-/m0/s1. The minimum Gasteiger partial charge on any atom is -0.264 e. The maximum absolute atomic E-state index is 12.7. The van der Waals surface area contributed by atoms with Gasteiger partial charge in [-0.2, -0.15) is 4.31 Å². The molecule has 0 aliphatic carbocycles. The average molecular weight is 316 g/mol. The second-order valence-corrected chi connectivity index (χ2v) is 7.69. The third-order valence-corrected chi connectivity index (χ3v) is 5.99. The van der Waals surface area contributed by atoms with Crippen LogP contribution in [0.4, 0.5) is 0 Å². The van der Waals surface area contributed by atoms with Gasteiger partial charge in [0.2, 0.25) is 10.0 Å². The Labute approximate surface area is 131 Å². The third kappa shape index (κ3) is 3.36. The Morgan fingerprint density at radius 2 is 1.95 bits per heavy atom. The first-order chi connectivity index (χ1) is 10.7. The van der Waals surface area contributed by atoms with Crippen molar-refractivity contribution in [3.8, 4) is 0 Å². The van der Waals surface area contributed by atoms with Crippen molar-refractivity contribution in [3.63, 3.8) is 0 Å². The molecule has 1 saturated heterocycles. The van der Waals surface area contributed by atoms with Crippen molar-refractivity contribution in [3.05, 3.63) is 60.4 Å². The Kier molecular flexibility index (Phi) is 4.55. The largest absolute Gasteiger partial charge is 0.264 e. The molecule has 1 atom stereocenters. The molecular weight excluding hydrogens is 296 g/mol. The Morgan fingerprint density at radius 1 is 1.14 bits per heavy atom. The zero-order valence-electron chi connectivity index (χ0n) is 12.4. The highest BCUT2D eigenvalue weighted by Crippen LogP contribution is 2.25. The lowest BCUT2D eigenvalue weighted by atomic mass is 9.93. The lowest BCUT2D eigenvalue weighted by Gasteiger charge is -2.32. The number of benzene rings is 1. The van der Waals surface area contributed by atoms with Gasteiger partial charge in [-0.25, -0.2) is 8.42 Å². The van der Waals surface area contributed by atoms with E-state index in [9.17, 15) is 8.42 Å². The summed E-state index contributed by atoms with van der Waals surface area (Å²) in [6.07, 6.45) is 6.49. The maximum atomic E-state index is 12.7. The van der Waals surface area contributed by atoms with Crippen molar-refractivity contribution in [2.75, 3.05) is 13.1 Å². The molecule has 0 saturated carbocycles. The monoisotopic (exact) mass is 316 g/mol. The van der Waals surface area contributed by atoms with Crippen molar-refractivity contribution in [2.45, 2.75) is 24.2 Å². The summed E-state index contributed by atoms with van der Waals surface area (Å²) in [5.41, 5.74) is 1.17. The lowest BCUT2D eigenvalue weighted by Crippen LogP contribution is -2.40. The molecule has 0 bridgehead atoms. The first kappa shape index (κ1) is 15.2. The molecule has 1 aromatic heterocycles. The summed E-state index contributed by atoms with van der Waals surface area (Å²) < 4.78 is 27.0. The zero-order valence-corrected chi connectivity index (χ0v) is 13.2. The van der Waals surface area contributed by atoms with Gasteiger partial charge in [0.15, 0.2) is 0 Å². The SMILES string of the molecule is O=S(=O)(c1ccccc1)N1CCC[C@@H](Cc2cccnc2)C1. The summed E-state index contributed by atoms with van der Waals surface area (Å²) in [6, 6.07) is 12.7. The molecule has 1 aliphatic rings. The van der Waals surface area contributed by atoms with Crippen LogP contribution in [0, 0.1) is 5.92 Å². The molecule has 1 aromatic carbocycles. The van der Waals surface area contributed by atoms with Crippen LogP contribution in [-0.4, -0.2) is 30.8 Å². The summed E-state index contributed by atoms with van der Waals surface area (Å²) in [7, 11) is -3.37. The van der Waals surface area contributed by atoms with Gasteiger partial charge in [-0.15, -0.1) is 0 Å². The maximum Gasteiger partial charge on any atom is 0.243 e. The third-order valence-electron chi connectivity index (χ3n) is 4.11. The van der Waals surface area contributed by atoms with Crippen LogP contribution in [0.25, 0.3) is 0 Å². The molecule has 0 unspecified atom stereocenters. The Balaban J connectivity index is 1.73. The minimum atomic E-state index is -3.37. The van der Waals surface area contributed by atoms with Crippen LogP contribution in [0.15, 0.2) is 59.8 Å². The first-order valence-corrected chi connectivity index (χ1v) is 9.04. The number of aromatic nitrogens is 1. The number of nitrogens with zero attached hydrogens (tertiary/aromatic N) is 2. The summed E-state index contributed by atoms with van der Waals surface area (Å²) in [4.78, 5) is 4.52. The molecule has 2 aromatic rings. The average Bonchev–Trinajstić information content (AvgIpc) is 2.57. The molecule has 5 heteroatoms. The molecule has 1 fully saturated rings. The van der Waals surface area contributed by atoms with E-state index in [1.54, 1.807) is 34.8 Å². The zero-order chi connectivity index (χ0) is 15.4. The van der Waals surface area contributed by atoms with Crippen molar-refractivity contribution < 1.29 is 8.42 Å². The van der Waals surface area contributed by atoms with Gasteiger partial charge >= 0.3 is 0 Å². The van der Waals surface area contributed by atoms with E-state index in [0.717, 1.165) is 19.3 Å². The Morgan fingerprint density at radius 3 is 2.68 bits per heavy atom. The number of rotatable bonds is 4. The van der Waals surface area contributed by atoms with Crippen molar-refractivity contribution in [2.24, 2.45) is 5.92 Å². The highest BCUT2D eigenvalue weighted by molar-refractivity contribution is 7.89. The normalized spacial score (nSPS) is 19.9. The number of sulfonamides is 1. The highest BCUT2D eigenvalue weighted by atomic mass is 32.2. The summed E-state index contributed by atoms with van der Waals surface area (Å²) in [5.74, 6) is 0.358. The van der Waals surface area contributed by atoms with Crippen molar-refractivity contribution >= 4 is 10.0 Å². The van der Waals surface area contributed by atoms with Crippen LogP contribution in [0.5, 0.6) is 0 Å². The Hall–Kier alpha value is -1.72. The Bertz CT molecular complexity index is 702. The molecule has 116 valence electrons. The minimum absolute atomic E-state index is 0.358. The van der Waals surface area contributed by atoms with E-state index in [1.807, 2.05) is 18.3 Å². The van der Waals surface area contributed by atoms with Gasteiger partial charge in [-0.05, 0) is 48.9 Å². The van der Waals surface area contributed by atoms with Crippen LogP contribution < -0.4 is 0 Å². The van der Waals surface area contributed by atoms with E-state index in [1.165, 1.54) is 5.56 Å². The predicted octanol–water partition coefficient (Wildman–Crippen LogP) is 2.73. The molecule has 3 rings (SSSR count). The van der Waals surface area contributed by atoms with Crippen LogP contribution in [0.1, 0.15) is 18.4 Å². The quantitative estimate of drug-likeness (QED) is 0.871. The smallest absolute Gasteiger partial charge is 0.243 e. The van der Waals surface area contributed by atoms with Gasteiger partial charge < -0.3 is 0 Å². The van der Waals surface area contributed by atoms with Crippen molar-refractivity contribution in [1.29, 1.82) is 0 Å². The topological polar surface area (TPSA) is 50.3 Å². The van der Waals surface area contributed by atoms with E-state index in [0.29, 0.717) is 23.9 Å². The summed E-state index contributed by atoms with van der Waals surface area (Å²) in [5, 5.41) is 0. The fraction of sp³-hybridized carbons (Fsp3) is 0.353. The number of hydrogen-bond donors (Lipinski definition) is 0. The second-order valence-electron chi connectivity index (χ2n) is 5.75. The first-order valence-electron chi connectivity index (χ1n) is 7.60. The predicted molar refractivity (Wildman–Crippen MR) is 85.9 cm³/mol. The van der Waals surface area contributed by atoms with Crippen LogP contribution in [0.3, 0.4) is 0 Å². The van der Waals surface area contributed by atoms with E-state index in [4.69, 9.17) is 0 Å². The molecule has 1 aliphatic heterocycles. The van der Waals surface area contributed by atoms with E-state index < -0.39 is 10.0 Å². The number of piperidine rings is 1. The van der Waals surface area contributed by atoms with Crippen LogP contribution >= 0.6 is 0 Å². The molecule has 0 N–H and O–H groups in total. The van der Waals surface area contributed by atoms with Gasteiger partial charge in [0, 0.05) is 25.5 Å². The van der Waals surface area contributed by atoms with Gasteiger partial charge in [-0.1, -0.05) is 24.3 Å². The molecule has 0 radical (unpaired) electrons. The molecule has 0 amide bonds. The van der Waals surface area contributed by atoms with Gasteiger partial charge in [-0.3, -0.25) is 4.98 Å². The molecule has 4 nitrogen and oxygen atoms in total. The van der Waals surface area contributed by atoms with E-state index in [2.05, 4.69) is 11.1 Å². The molecular formula is C17H20N2O2S. The second kappa shape index (κ2) is 6.58. The number of hydrogen-bond acceptors (Lipinski definition) is 3. The van der Waals surface area contributed by atoms with Crippen LogP contribution in [-0.2, 0) is 16.4 Å². The summed E-state index contributed by atoms with van der Waals surface area (Å²) >= 11 is 0. The molecule has 22 heavy (non-hydrogen) atoms. The fourth-order valence-electron chi connectivity index (χ4n) is 3.01. The van der Waals surface area contributed by atoms with Gasteiger partial charge in [0.25, 0.3) is 0 Å². The molecule has 0 spiro atoms. The highest BCUT2D eigenvalue weighted by Gasteiger charge is 2.30. The van der Waals surface area contributed by atoms with Gasteiger partial charge in [0.1, 0.15) is 0 Å². The summed E-state index contributed by atoms with van der Waals surface area (Å²) in [6.45, 7) is 1.20. The lowest BCUT2D eigenvalue weighted by molar-refractivity contribution is 0.265. The van der Waals surface area contributed by atoms with Crippen molar-refractivity contribution in [1.82, 2.24) is 9.29 Å². The van der Waals surface area contributed by atoms with E-state index in [-0.39, 0.29) is 0 Å². The molecule has 2 heterocycles. The number of pyridine rings is 1. The van der Waals surface area contributed by atoms with E-state index >= 15 is 0 Å².